The molecule has 21 heavy (non-hydrogen) atoms. The summed E-state index contributed by atoms with van der Waals surface area (Å²) in [6, 6.07) is 0. The Morgan fingerprint density at radius 1 is 1.05 bits per heavy atom. The lowest BCUT2D eigenvalue weighted by Crippen LogP contribution is -2.21. The van der Waals surface area contributed by atoms with Crippen molar-refractivity contribution in [2.75, 3.05) is 0 Å². The van der Waals surface area contributed by atoms with Crippen molar-refractivity contribution in [3.8, 4) is 0 Å². The molecule has 0 aliphatic carbocycles. The molecule has 1 rings (SSSR count). The lowest BCUT2D eigenvalue weighted by Gasteiger charge is -2.25. The zero-order valence-electron chi connectivity index (χ0n) is 15.6. The number of hydrogen-bond donors (Lipinski definition) is 1. The molecular formula is C19H36N2. The third-order valence-electron chi connectivity index (χ3n) is 4.45. The Kier molecular flexibility index (Phi) is 6.07. The predicted octanol–water partition coefficient (Wildman–Crippen LogP) is 6.08. The molecule has 0 aliphatic heterocycles. The molecule has 1 atom stereocenters. The maximum atomic E-state index is 5.05. The summed E-state index contributed by atoms with van der Waals surface area (Å²) < 4.78 is 0. The Hall–Kier alpha value is -0.790. The summed E-state index contributed by atoms with van der Waals surface area (Å²) in [6.07, 6.45) is 6.18. The van der Waals surface area contributed by atoms with Crippen LogP contribution >= 0.6 is 0 Å². The molecule has 0 bridgehead atoms. The number of aromatic amines is 1. The molecule has 0 saturated carbocycles. The molecule has 2 heteroatoms. The van der Waals surface area contributed by atoms with Crippen molar-refractivity contribution in [3.63, 3.8) is 0 Å². The van der Waals surface area contributed by atoms with E-state index < -0.39 is 0 Å². The van der Waals surface area contributed by atoms with Crippen LogP contribution in [0.3, 0.4) is 0 Å². The fraction of sp³-hybridized carbons (Fsp3) is 0.842. The van der Waals surface area contributed by atoms with Gasteiger partial charge in [0.05, 0.1) is 5.69 Å². The maximum Gasteiger partial charge on any atom is 0.112 e. The summed E-state index contributed by atoms with van der Waals surface area (Å²) in [5.41, 5.74) is 2.93. The van der Waals surface area contributed by atoms with E-state index in [2.05, 4.69) is 60.4 Å². The van der Waals surface area contributed by atoms with Crippen LogP contribution in [0.4, 0.5) is 0 Å². The third kappa shape index (κ3) is 4.59. The van der Waals surface area contributed by atoms with Crippen molar-refractivity contribution >= 4 is 0 Å². The van der Waals surface area contributed by atoms with E-state index in [0.717, 1.165) is 5.82 Å². The van der Waals surface area contributed by atoms with Crippen LogP contribution in [-0.4, -0.2) is 9.97 Å². The molecule has 0 radical (unpaired) electrons. The molecule has 1 unspecified atom stereocenters. The standard InChI is InChI=1S/C19H36N2/c1-9-11-13-19(7,8)16-15(14(3)12-10-2)20-17(21-16)18(4,5)6/h14H,9-13H2,1-8H3,(H,20,21). The van der Waals surface area contributed by atoms with Gasteiger partial charge in [-0.1, -0.05) is 74.7 Å². The number of rotatable bonds is 7. The zero-order valence-corrected chi connectivity index (χ0v) is 15.6. The molecule has 0 spiro atoms. The fourth-order valence-corrected chi connectivity index (χ4v) is 2.93. The van der Waals surface area contributed by atoms with Gasteiger partial charge in [0.25, 0.3) is 0 Å². The highest BCUT2D eigenvalue weighted by atomic mass is 15.0. The average molecular weight is 293 g/mol. The van der Waals surface area contributed by atoms with Gasteiger partial charge in [-0.2, -0.15) is 0 Å². The minimum atomic E-state index is 0.0831. The fourth-order valence-electron chi connectivity index (χ4n) is 2.93. The maximum absolute atomic E-state index is 5.05. The molecule has 0 fully saturated rings. The van der Waals surface area contributed by atoms with Gasteiger partial charge < -0.3 is 4.98 Å². The third-order valence-corrected chi connectivity index (χ3v) is 4.45. The van der Waals surface area contributed by atoms with E-state index in [0.29, 0.717) is 5.92 Å². The second kappa shape index (κ2) is 6.98. The van der Waals surface area contributed by atoms with Gasteiger partial charge >= 0.3 is 0 Å². The van der Waals surface area contributed by atoms with E-state index in [1.165, 1.54) is 43.5 Å². The van der Waals surface area contributed by atoms with E-state index in [9.17, 15) is 0 Å². The summed E-state index contributed by atoms with van der Waals surface area (Å²) in [4.78, 5) is 8.73. The van der Waals surface area contributed by atoms with E-state index in [4.69, 9.17) is 4.98 Å². The lowest BCUT2D eigenvalue weighted by molar-refractivity contribution is 0.436. The van der Waals surface area contributed by atoms with Gasteiger partial charge in [0.15, 0.2) is 0 Å². The Labute approximate surface area is 132 Å². The number of H-pyrrole nitrogens is 1. The second-order valence-electron chi connectivity index (χ2n) is 8.27. The van der Waals surface area contributed by atoms with Crippen LogP contribution in [0.2, 0.25) is 0 Å². The smallest absolute Gasteiger partial charge is 0.112 e. The first-order chi connectivity index (χ1) is 9.63. The lowest BCUT2D eigenvalue weighted by atomic mass is 9.80. The molecule has 0 aromatic carbocycles. The van der Waals surface area contributed by atoms with Crippen LogP contribution in [0.1, 0.15) is 111 Å². The molecule has 122 valence electrons. The first-order valence-corrected chi connectivity index (χ1v) is 8.74. The Balaban J connectivity index is 3.24. The van der Waals surface area contributed by atoms with Crippen molar-refractivity contribution in [1.29, 1.82) is 0 Å². The second-order valence-corrected chi connectivity index (χ2v) is 8.27. The summed E-state index contributed by atoms with van der Waals surface area (Å²) in [5.74, 6) is 1.70. The SMILES string of the molecule is CCCCC(C)(C)c1nc(C(C)(C)C)[nH]c1C(C)CCC. The Morgan fingerprint density at radius 3 is 2.14 bits per heavy atom. The normalized spacial score (nSPS) is 14.5. The number of nitrogens with zero attached hydrogens (tertiary/aromatic N) is 1. The number of nitrogens with one attached hydrogen (secondary N) is 1. The highest BCUT2D eigenvalue weighted by Crippen LogP contribution is 2.36. The summed E-state index contributed by atoms with van der Waals surface area (Å²) in [6.45, 7) is 18.3. The van der Waals surface area contributed by atoms with Gasteiger partial charge in [-0.25, -0.2) is 4.98 Å². The molecule has 1 aromatic heterocycles. The van der Waals surface area contributed by atoms with E-state index in [1.807, 2.05) is 0 Å². The van der Waals surface area contributed by atoms with Gasteiger partial charge in [0, 0.05) is 16.5 Å². The summed E-state index contributed by atoms with van der Waals surface area (Å²) in [5, 5.41) is 0. The molecule has 1 aromatic rings. The average Bonchev–Trinajstić information content (AvgIpc) is 2.82. The van der Waals surface area contributed by atoms with Crippen LogP contribution in [-0.2, 0) is 10.8 Å². The van der Waals surface area contributed by atoms with Crippen molar-refractivity contribution in [2.45, 2.75) is 104 Å². The van der Waals surface area contributed by atoms with Gasteiger partial charge in [0.2, 0.25) is 0 Å². The Morgan fingerprint density at radius 2 is 1.67 bits per heavy atom. The van der Waals surface area contributed by atoms with Crippen LogP contribution in [0.25, 0.3) is 0 Å². The van der Waals surface area contributed by atoms with Crippen molar-refractivity contribution in [2.24, 2.45) is 0 Å². The van der Waals surface area contributed by atoms with Gasteiger partial charge in [-0.05, 0) is 18.8 Å². The number of imidazole rings is 1. The van der Waals surface area contributed by atoms with Gasteiger partial charge in [-0.15, -0.1) is 0 Å². The van der Waals surface area contributed by atoms with Crippen LogP contribution in [0.5, 0.6) is 0 Å². The zero-order chi connectivity index (χ0) is 16.3. The number of aromatic nitrogens is 2. The summed E-state index contributed by atoms with van der Waals surface area (Å²) >= 11 is 0. The van der Waals surface area contributed by atoms with Crippen molar-refractivity contribution in [3.05, 3.63) is 17.2 Å². The monoisotopic (exact) mass is 292 g/mol. The number of hydrogen-bond acceptors (Lipinski definition) is 1. The molecule has 0 amide bonds. The molecular weight excluding hydrogens is 256 g/mol. The summed E-state index contributed by atoms with van der Waals surface area (Å²) in [7, 11) is 0. The van der Waals surface area contributed by atoms with Crippen LogP contribution in [0.15, 0.2) is 0 Å². The largest absolute Gasteiger partial charge is 0.345 e. The van der Waals surface area contributed by atoms with E-state index in [1.54, 1.807) is 0 Å². The highest BCUT2D eigenvalue weighted by Gasteiger charge is 2.31. The predicted molar refractivity (Wildman–Crippen MR) is 93.2 cm³/mol. The molecule has 0 aliphatic rings. The molecule has 2 nitrogen and oxygen atoms in total. The Bertz CT molecular complexity index is 435. The minimum Gasteiger partial charge on any atom is -0.345 e. The quantitative estimate of drug-likeness (QED) is 0.648. The van der Waals surface area contributed by atoms with Crippen molar-refractivity contribution < 1.29 is 0 Å². The van der Waals surface area contributed by atoms with E-state index in [-0.39, 0.29) is 10.8 Å². The van der Waals surface area contributed by atoms with Gasteiger partial charge in [0.1, 0.15) is 5.82 Å². The highest BCUT2D eigenvalue weighted by molar-refractivity contribution is 5.28. The number of unbranched alkanes of at least 4 members (excludes halogenated alkanes) is 1. The van der Waals surface area contributed by atoms with Crippen molar-refractivity contribution in [1.82, 2.24) is 9.97 Å². The minimum absolute atomic E-state index is 0.0831. The first kappa shape index (κ1) is 18.3. The van der Waals surface area contributed by atoms with Gasteiger partial charge in [-0.3, -0.25) is 0 Å². The first-order valence-electron chi connectivity index (χ1n) is 8.74. The van der Waals surface area contributed by atoms with Crippen LogP contribution in [0, 0.1) is 0 Å². The molecule has 1 heterocycles. The van der Waals surface area contributed by atoms with Crippen LogP contribution < -0.4 is 0 Å². The topological polar surface area (TPSA) is 28.7 Å². The molecule has 1 N–H and O–H groups in total. The van der Waals surface area contributed by atoms with E-state index >= 15 is 0 Å². The molecule has 0 saturated heterocycles.